The van der Waals surface area contributed by atoms with Crippen LogP contribution in [0.5, 0.6) is 5.75 Å². The van der Waals surface area contributed by atoms with Gasteiger partial charge in [0.2, 0.25) is 15.9 Å². The molecule has 2 atom stereocenters. The first-order chi connectivity index (χ1) is 11.8. The highest BCUT2D eigenvalue weighted by molar-refractivity contribution is 7.89. The Labute approximate surface area is 160 Å². The molecule has 1 aromatic carbocycles. The zero-order valence-corrected chi connectivity index (χ0v) is 16.9. The van der Waals surface area contributed by atoms with E-state index in [0.717, 1.165) is 4.31 Å². The number of ether oxygens (including phenoxy) is 2. The number of benzene rings is 1. The third kappa shape index (κ3) is 5.08. The molecule has 148 valence electrons. The van der Waals surface area contributed by atoms with Crippen LogP contribution in [0.4, 0.5) is 5.69 Å². The predicted octanol–water partition coefficient (Wildman–Crippen LogP) is 1.07. The SMILES string of the molecule is CCOc1ccc(NC(=O)[C@H]2NCCO[C@@H]2C)cc1S(=O)(=O)N(C)C.Cl. The van der Waals surface area contributed by atoms with Gasteiger partial charge >= 0.3 is 0 Å². The number of hydrogen-bond acceptors (Lipinski definition) is 6. The Bertz CT molecular complexity index is 727. The lowest BCUT2D eigenvalue weighted by Gasteiger charge is -2.29. The van der Waals surface area contributed by atoms with Crippen LogP contribution in [0, 0.1) is 0 Å². The lowest BCUT2D eigenvalue weighted by Crippen LogP contribution is -2.53. The summed E-state index contributed by atoms with van der Waals surface area (Å²) in [6.45, 7) is 5.07. The Morgan fingerprint density at radius 1 is 1.42 bits per heavy atom. The summed E-state index contributed by atoms with van der Waals surface area (Å²) in [5.74, 6) is -0.0220. The van der Waals surface area contributed by atoms with Gasteiger partial charge in [-0.25, -0.2) is 12.7 Å². The van der Waals surface area contributed by atoms with Crippen LogP contribution in [-0.2, 0) is 19.6 Å². The molecular weight excluding hydrogens is 382 g/mol. The predicted molar refractivity (Wildman–Crippen MR) is 102 cm³/mol. The van der Waals surface area contributed by atoms with Gasteiger partial charge in [0, 0.05) is 26.3 Å². The standard InChI is InChI=1S/C16H25N3O5S.ClH/c1-5-23-13-7-6-12(10-14(13)25(21,22)19(3)4)18-16(20)15-11(2)24-9-8-17-15;/h6-7,10-11,15,17H,5,8-9H2,1-4H3,(H,18,20);1H/t11-,15+;/m1./s1. The molecule has 0 saturated carbocycles. The molecule has 1 saturated heterocycles. The second-order valence-corrected chi connectivity index (χ2v) is 8.00. The molecule has 0 spiro atoms. The van der Waals surface area contributed by atoms with E-state index in [1.807, 2.05) is 6.92 Å². The Morgan fingerprint density at radius 2 is 2.12 bits per heavy atom. The van der Waals surface area contributed by atoms with Crippen molar-refractivity contribution in [1.82, 2.24) is 9.62 Å². The Balaban J connectivity index is 0.00000338. The number of halogens is 1. The minimum atomic E-state index is -3.71. The average Bonchev–Trinajstić information content (AvgIpc) is 2.56. The van der Waals surface area contributed by atoms with Gasteiger partial charge in [-0.15, -0.1) is 12.4 Å². The fourth-order valence-electron chi connectivity index (χ4n) is 2.51. The number of morpholine rings is 1. The van der Waals surface area contributed by atoms with Gasteiger partial charge in [0.25, 0.3) is 0 Å². The second kappa shape index (κ2) is 9.52. The normalized spacial score (nSPS) is 20.3. The van der Waals surface area contributed by atoms with Gasteiger partial charge in [0.1, 0.15) is 16.7 Å². The number of carbonyl (C=O) groups excluding carboxylic acids is 1. The van der Waals surface area contributed by atoms with Gasteiger partial charge in [-0.2, -0.15) is 0 Å². The molecule has 0 bridgehead atoms. The molecule has 10 heteroatoms. The van der Waals surface area contributed by atoms with Gasteiger partial charge in [-0.05, 0) is 32.0 Å². The van der Waals surface area contributed by atoms with E-state index in [-0.39, 0.29) is 35.1 Å². The lowest BCUT2D eigenvalue weighted by molar-refractivity contribution is -0.123. The molecule has 2 rings (SSSR count). The summed E-state index contributed by atoms with van der Waals surface area (Å²) < 4.78 is 37.0. The first kappa shape index (κ1) is 22.7. The van der Waals surface area contributed by atoms with E-state index in [0.29, 0.717) is 25.4 Å². The molecule has 1 amide bonds. The van der Waals surface area contributed by atoms with Gasteiger partial charge in [0.05, 0.1) is 19.3 Å². The second-order valence-electron chi connectivity index (χ2n) is 5.88. The van der Waals surface area contributed by atoms with Crippen LogP contribution in [0.25, 0.3) is 0 Å². The van der Waals surface area contributed by atoms with Crippen LogP contribution in [-0.4, -0.2) is 64.6 Å². The summed E-state index contributed by atoms with van der Waals surface area (Å²) in [6, 6.07) is 4.08. The molecule has 1 heterocycles. The summed E-state index contributed by atoms with van der Waals surface area (Å²) in [4.78, 5) is 12.5. The Kier molecular flexibility index (Phi) is 8.29. The lowest BCUT2D eigenvalue weighted by atomic mass is 10.1. The van der Waals surface area contributed by atoms with Gasteiger partial charge < -0.3 is 20.1 Å². The molecule has 0 aromatic heterocycles. The van der Waals surface area contributed by atoms with E-state index < -0.39 is 16.1 Å². The van der Waals surface area contributed by atoms with E-state index in [4.69, 9.17) is 9.47 Å². The van der Waals surface area contributed by atoms with Crippen LogP contribution < -0.4 is 15.4 Å². The average molecular weight is 408 g/mol. The van der Waals surface area contributed by atoms with Crippen molar-refractivity contribution in [3.63, 3.8) is 0 Å². The van der Waals surface area contributed by atoms with Crippen molar-refractivity contribution in [2.24, 2.45) is 0 Å². The van der Waals surface area contributed by atoms with Crippen molar-refractivity contribution >= 4 is 34.0 Å². The van der Waals surface area contributed by atoms with Crippen molar-refractivity contribution in [3.05, 3.63) is 18.2 Å². The van der Waals surface area contributed by atoms with Crippen molar-refractivity contribution in [1.29, 1.82) is 0 Å². The number of carbonyl (C=O) groups is 1. The smallest absolute Gasteiger partial charge is 0.246 e. The zero-order chi connectivity index (χ0) is 18.6. The number of nitrogens with zero attached hydrogens (tertiary/aromatic N) is 1. The number of sulfonamides is 1. The summed E-state index contributed by atoms with van der Waals surface area (Å²) in [7, 11) is -0.816. The molecule has 1 fully saturated rings. The minimum Gasteiger partial charge on any atom is -0.492 e. The highest BCUT2D eigenvalue weighted by Gasteiger charge is 2.29. The third-order valence-electron chi connectivity index (χ3n) is 3.87. The fourth-order valence-corrected chi connectivity index (χ4v) is 3.56. The third-order valence-corrected chi connectivity index (χ3v) is 5.70. The highest BCUT2D eigenvalue weighted by atomic mass is 35.5. The molecule has 0 aliphatic carbocycles. The zero-order valence-electron chi connectivity index (χ0n) is 15.3. The van der Waals surface area contributed by atoms with Crippen molar-refractivity contribution in [2.45, 2.75) is 30.9 Å². The van der Waals surface area contributed by atoms with Crippen molar-refractivity contribution < 1.29 is 22.7 Å². The van der Waals surface area contributed by atoms with Crippen molar-refractivity contribution in [2.75, 3.05) is 39.2 Å². The van der Waals surface area contributed by atoms with Gasteiger partial charge in [0.15, 0.2) is 0 Å². The number of rotatable bonds is 6. The van der Waals surface area contributed by atoms with E-state index in [1.54, 1.807) is 19.1 Å². The van der Waals surface area contributed by atoms with Crippen LogP contribution in [0.1, 0.15) is 13.8 Å². The number of amides is 1. The van der Waals surface area contributed by atoms with Gasteiger partial charge in [-0.1, -0.05) is 0 Å². The molecule has 0 radical (unpaired) electrons. The molecule has 8 nitrogen and oxygen atoms in total. The number of hydrogen-bond donors (Lipinski definition) is 2. The quantitative estimate of drug-likeness (QED) is 0.732. The maximum Gasteiger partial charge on any atom is 0.246 e. The van der Waals surface area contributed by atoms with Crippen LogP contribution >= 0.6 is 12.4 Å². The monoisotopic (exact) mass is 407 g/mol. The molecule has 1 aromatic rings. The maximum absolute atomic E-state index is 12.5. The summed E-state index contributed by atoms with van der Waals surface area (Å²) in [5, 5.41) is 5.84. The van der Waals surface area contributed by atoms with E-state index in [9.17, 15) is 13.2 Å². The molecule has 1 aliphatic heterocycles. The first-order valence-electron chi connectivity index (χ1n) is 8.12. The number of nitrogens with one attached hydrogen (secondary N) is 2. The molecule has 2 N–H and O–H groups in total. The summed E-state index contributed by atoms with van der Waals surface area (Å²) in [5.41, 5.74) is 0.383. The van der Waals surface area contributed by atoms with Crippen LogP contribution in [0.3, 0.4) is 0 Å². The maximum atomic E-state index is 12.5. The largest absolute Gasteiger partial charge is 0.492 e. The number of anilines is 1. The van der Waals surface area contributed by atoms with Crippen LogP contribution in [0.2, 0.25) is 0 Å². The molecule has 26 heavy (non-hydrogen) atoms. The minimum absolute atomic E-state index is 0. The Morgan fingerprint density at radius 3 is 2.69 bits per heavy atom. The summed E-state index contributed by atoms with van der Waals surface area (Å²) in [6.07, 6.45) is -0.263. The van der Waals surface area contributed by atoms with Crippen molar-refractivity contribution in [3.8, 4) is 5.75 Å². The fraction of sp³-hybridized carbons (Fsp3) is 0.562. The Hall–Kier alpha value is -1.39. The molecular formula is C16H26ClN3O5S. The molecule has 0 unspecified atom stereocenters. The van der Waals surface area contributed by atoms with E-state index in [2.05, 4.69) is 10.6 Å². The van der Waals surface area contributed by atoms with Crippen LogP contribution in [0.15, 0.2) is 23.1 Å². The topological polar surface area (TPSA) is 97.0 Å². The van der Waals surface area contributed by atoms with E-state index >= 15 is 0 Å². The summed E-state index contributed by atoms with van der Waals surface area (Å²) >= 11 is 0. The highest BCUT2D eigenvalue weighted by Crippen LogP contribution is 2.29. The molecule has 1 aliphatic rings. The van der Waals surface area contributed by atoms with Gasteiger partial charge in [-0.3, -0.25) is 4.79 Å². The first-order valence-corrected chi connectivity index (χ1v) is 9.56. The van der Waals surface area contributed by atoms with E-state index in [1.165, 1.54) is 20.2 Å².